The van der Waals surface area contributed by atoms with Gasteiger partial charge in [0, 0.05) is 13.6 Å². The molecule has 0 aromatic carbocycles. The van der Waals surface area contributed by atoms with Crippen molar-refractivity contribution in [3.63, 3.8) is 0 Å². The van der Waals surface area contributed by atoms with Crippen LogP contribution in [0.4, 0.5) is 0 Å². The van der Waals surface area contributed by atoms with Crippen molar-refractivity contribution in [3.05, 3.63) is 0 Å². The lowest BCUT2D eigenvalue weighted by molar-refractivity contribution is -0.159. The summed E-state index contributed by atoms with van der Waals surface area (Å²) >= 11 is 4.11. The molecule has 2 saturated heterocycles. The van der Waals surface area contributed by atoms with Crippen LogP contribution < -0.4 is 0 Å². The van der Waals surface area contributed by atoms with Crippen molar-refractivity contribution < 1.29 is 9.59 Å². The first-order valence-electron chi connectivity index (χ1n) is 5.62. The minimum absolute atomic E-state index is 0.113. The van der Waals surface area contributed by atoms with Crippen LogP contribution in [0.1, 0.15) is 20.3 Å². The van der Waals surface area contributed by atoms with Crippen LogP contribution >= 0.6 is 22.5 Å². The Balaban J connectivity index is 2.41. The Morgan fingerprint density at radius 1 is 1.50 bits per heavy atom. The second-order valence-electron chi connectivity index (χ2n) is 5.30. The maximum atomic E-state index is 12.5. The van der Waals surface area contributed by atoms with Gasteiger partial charge < -0.3 is 9.80 Å². The molecule has 98 valence electrons. The molecule has 0 spiro atoms. The molecule has 0 aromatic rings. The average Bonchev–Trinajstić information content (AvgIpc) is 2.73. The lowest BCUT2D eigenvalue weighted by atomic mass is 9.89. The number of fused-ring (bicyclic) bond motifs is 1. The Kier molecular flexibility index (Phi) is 3.06. The molecule has 2 heterocycles. The predicted molar refractivity (Wildman–Crippen MR) is 71.6 cm³/mol. The van der Waals surface area contributed by atoms with Gasteiger partial charge in [-0.05, 0) is 20.3 Å². The molecule has 2 aliphatic rings. The fourth-order valence-corrected chi connectivity index (χ4v) is 3.56. The van der Waals surface area contributed by atoms with Crippen LogP contribution in [-0.4, -0.2) is 46.1 Å². The van der Waals surface area contributed by atoms with E-state index in [0.717, 1.165) is 10.8 Å². The van der Waals surface area contributed by atoms with Crippen molar-refractivity contribution in [2.45, 2.75) is 31.2 Å². The second kappa shape index (κ2) is 4.07. The van der Waals surface area contributed by atoms with E-state index in [4.69, 9.17) is 5.26 Å². The number of likely N-dealkylation sites (N-methyl/N-ethyl adjacent to an activating group) is 1. The van der Waals surface area contributed by atoms with Crippen molar-refractivity contribution >= 4 is 34.3 Å². The van der Waals surface area contributed by atoms with Crippen molar-refractivity contribution in [3.8, 4) is 6.07 Å². The third kappa shape index (κ3) is 1.62. The van der Waals surface area contributed by atoms with Crippen LogP contribution in [0.25, 0.3) is 0 Å². The van der Waals surface area contributed by atoms with Gasteiger partial charge in [-0.15, -0.1) is 11.7 Å². The summed E-state index contributed by atoms with van der Waals surface area (Å²) in [6.45, 7) is 3.79. The van der Waals surface area contributed by atoms with E-state index >= 15 is 0 Å². The van der Waals surface area contributed by atoms with Crippen LogP contribution in [0, 0.1) is 16.7 Å². The molecule has 18 heavy (non-hydrogen) atoms. The smallest absolute Gasteiger partial charge is 0.260 e. The van der Waals surface area contributed by atoms with E-state index in [0.29, 0.717) is 13.0 Å². The summed E-state index contributed by atoms with van der Waals surface area (Å²) < 4.78 is 0. The SMILES string of the molecule is CN1C(=O)C2C[C@@](C)(C#N)CN2C(=O)[C@@]1(C)SS. The summed E-state index contributed by atoms with van der Waals surface area (Å²) in [6.07, 6.45) is 0.408. The van der Waals surface area contributed by atoms with E-state index in [9.17, 15) is 9.59 Å². The third-order valence-electron chi connectivity index (χ3n) is 3.90. The molecule has 1 unspecified atom stereocenters. The van der Waals surface area contributed by atoms with E-state index < -0.39 is 16.3 Å². The Morgan fingerprint density at radius 2 is 2.11 bits per heavy atom. The zero-order valence-corrected chi connectivity index (χ0v) is 12.2. The number of carbonyl (C=O) groups excluding carboxylic acids is 2. The maximum absolute atomic E-state index is 12.5. The lowest BCUT2D eigenvalue weighted by Crippen LogP contribution is -2.66. The fraction of sp³-hybridized carbons (Fsp3) is 0.727. The molecule has 0 aromatic heterocycles. The number of hydrogen-bond acceptors (Lipinski definition) is 5. The summed E-state index contributed by atoms with van der Waals surface area (Å²) in [6, 6.07) is 1.71. The van der Waals surface area contributed by atoms with Crippen molar-refractivity contribution in [2.75, 3.05) is 13.6 Å². The molecular weight excluding hydrogens is 270 g/mol. The van der Waals surface area contributed by atoms with E-state index in [-0.39, 0.29) is 11.8 Å². The highest BCUT2D eigenvalue weighted by Gasteiger charge is 2.58. The fourth-order valence-electron chi connectivity index (χ4n) is 2.55. The predicted octanol–water partition coefficient (Wildman–Crippen LogP) is 0.883. The van der Waals surface area contributed by atoms with E-state index in [1.165, 1.54) is 9.80 Å². The topological polar surface area (TPSA) is 64.4 Å². The number of thiol groups is 1. The molecule has 3 atom stereocenters. The Labute approximate surface area is 115 Å². The largest absolute Gasteiger partial charge is 0.326 e. The van der Waals surface area contributed by atoms with E-state index in [1.54, 1.807) is 20.9 Å². The Hall–Kier alpha value is -0.870. The number of nitriles is 1. The minimum atomic E-state index is -0.989. The summed E-state index contributed by atoms with van der Waals surface area (Å²) in [5.74, 6) is -0.258. The number of hydrogen-bond donors (Lipinski definition) is 1. The van der Waals surface area contributed by atoms with Gasteiger partial charge in [-0.3, -0.25) is 9.59 Å². The van der Waals surface area contributed by atoms with Gasteiger partial charge in [0.1, 0.15) is 6.04 Å². The standard InChI is InChI=1S/C11H15N3O2S2/c1-10(5-12)4-7-8(15)13(3)11(2,18-17)9(16)14(7)6-10/h7,17H,4,6H2,1-3H3/t7?,10-,11+/m0/s1. The number of rotatable bonds is 1. The molecule has 7 heteroatoms. The minimum Gasteiger partial charge on any atom is -0.326 e. The van der Waals surface area contributed by atoms with E-state index in [1.807, 2.05) is 0 Å². The molecule has 0 radical (unpaired) electrons. The average molecular weight is 285 g/mol. The molecule has 0 saturated carbocycles. The summed E-state index contributed by atoms with van der Waals surface area (Å²) in [7, 11) is 2.66. The van der Waals surface area contributed by atoms with Gasteiger partial charge in [0.2, 0.25) is 5.91 Å². The van der Waals surface area contributed by atoms with Crippen LogP contribution in [-0.2, 0) is 9.59 Å². The van der Waals surface area contributed by atoms with Crippen LogP contribution in [0.15, 0.2) is 0 Å². The van der Waals surface area contributed by atoms with E-state index in [2.05, 4.69) is 17.7 Å². The maximum Gasteiger partial charge on any atom is 0.260 e. The van der Waals surface area contributed by atoms with Crippen molar-refractivity contribution in [2.24, 2.45) is 5.41 Å². The molecule has 2 rings (SSSR count). The summed E-state index contributed by atoms with van der Waals surface area (Å²) in [5, 5.41) is 9.16. The van der Waals surface area contributed by atoms with Gasteiger partial charge in [-0.25, -0.2) is 0 Å². The van der Waals surface area contributed by atoms with Crippen LogP contribution in [0.3, 0.4) is 0 Å². The molecular formula is C11H15N3O2S2. The zero-order valence-electron chi connectivity index (χ0n) is 10.5. The van der Waals surface area contributed by atoms with Gasteiger partial charge in [-0.1, -0.05) is 10.8 Å². The van der Waals surface area contributed by atoms with Crippen LogP contribution in [0.2, 0.25) is 0 Å². The number of carbonyl (C=O) groups is 2. The van der Waals surface area contributed by atoms with Gasteiger partial charge in [-0.2, -0.15) is 5.26 Å². The monoisotopic (exact) mass is 285 g/mol. The Morgan fingerprint density at radius 3 is 2.61 bits per heavy atom. The zero-order chi connectivity index (χ0) is 13.7. The van der Waals surface area contributed by atoms with Gasteiger partial charge in [0.15, 0.2) is 4.87 Å². The second-order valence-corrected chi connectivity index (χ2v) is 6.82. The third-order valence-corrected chi connectivity index (χ3v) is 5.77. The molecule has 0 aliphatic carbocycles. The first-order valence-corrected chi connectivity index (χ1v) is 7.48. The summed E-state index contributed by atoms with van der Waals surface area (Å²) in [5.41, 5.74) is -0.636. The molecule has 0 bridgehead atoms. The number of piperazine rings is 1. The highest BCUT2D eigenvalue weighted by atomic mass is 33.1. The van der Waals surface area contributed by atoms with Gasteiger partial charge in [0.25, 0.3) is 5.91 Å². The van der Waals surface area contributed by atoms with Gasteiger partial charge >= 0.3 is 0 Å². The summed E-state index contributed by atoms with van der Waals surface area (Å²) in [4.78, 5) is 26.8. The molecule has 5 nitrogen and oxygen atoms in total. The highest BCUT2D eigenvalue weighted by Crippen LogP contribution is 2.44. The number of amides is 2. The quantitative estimate of drug-likeness (QED) is 0.574. The van der Waals surface area contributed by atoms with Crippen molar-refractivity contribution in [1.82, 2.24) is 9.80 Å². The van der Waals surface area contributed by atoms with Gasteiger partial charge in [0.05, 0.1) is 11.5 Å². The van der Waals surface area contributed by atoms with Crippen molar-refractivity contribution in [1.29, 1.82) is 5.26 Å². The van der Waals surface area contributed by atoms with Crippen LogP contribution in [0.5, 0.6) is 0 Å². The molecule has 2 fully saturated rings. The first-order chi connectivity index (χ1) is 8.29. The molecule has 2 aliphatic heterocycles. The molecule has 2 amide bonds. The lowest BCUT2D eigenvalue weighted by Gasteiger charge is -2.45. The highest BCUT2D eigenvalue weighted by molar-refractivity contribution is 8.69. The normalized spacial score (nSPS) is 39.8. The molecule has 0 N–H and O–H groups in total. The Bertz CT molecular complexity index is 464. The number of nitrogens with zero attached hydrogens (tertiary/aromatic N) is 3. The first kappa shape index (κ1) is 13.6.